The van der Waals surface area contributed by atoms with Gasteiger partial charge in [0.1, 0.15) is 11.0 Å². The third-order valence-corrected chi connectivity index (χ3v) is 5.63. The van der Waals surface area contributed by atoms with Crippen LogP contribution in [0.3, 0.4) is 0 Å². The first-order valence-electron chi connectivity index (χ1n) is 10.1. The molecule has 0 radical (unpaired) electrons. The largest absolute Gasteiger partial charge is 0.281 e. The van der Waals surface area contributed by atoms with Crippen molar-refractivity contribution in [3.8, 4) is 22.5 Å². The highest BCUT2D eigenvalue weighted by atomic mass is 32.1. The number of hydrogen-bond donors (Lipinski definition) is 2. The van der Waals surface area contributed by atoms with Gasteiger partial charge in [0.15, 0.2) is 0 Å². The molecule has 0 saturated carbocycles. The summed E-state index contributed by atoms with van der Waals surface area (Å²) in [5, 5.41) is 17.6. The summed E-state index contributed by atoms with van der Waals surface area (Å²) in [7, 11) is 0. The van der Waals surface area contributed by atoms with Crippen LogP contribution in [-0.4, -0.2) is 40.2 Å². The fourth-order valence-corrected chi connectivity index (χ4v) is 4.11. The molecule has 5 aromatic rings. The predicted molar refractivity (Wildman–Crippen MR) is 120 cm³/mol. The van der Waals surface area contributed by atoms with Gasteiger partial charge in [-0.2, -0.15) is 10.2 Å². The van der Waals surface area contributed by atoms with Crippen molar-refractivity contribution >= 4 is 18.0 Å². The number of aryl methyl sites for hydroxylation is 1. The van der Waals surface area contributed by atoms with Gasteiger partial charge in [0.2, 0.25) is 5.82 Å². The fourth-order valence-electron chi connectivity index (χ4n) is 3.84. The van der Waals surface area contributed by atoms with Crippen LogP contribution in [0.5, 0.6) is 0 Å². The smallest absolute Gasteiger partial charge is 0.251 e. The number of fused-ring (bicyclic) bond motifs is 1. The SMILES string of the molecule is CCCc1c(Cc2ccc(-c3ccccc3-c3nn[nH]n3)cc2)c(=S)nc2nc[nH]n12. The van der Waals surface area contributed by atoms with Crippen LogP contribution in [-0.2, 0) is 12.8 Å². The van der Waals surface area contributed by atoms with E-state index in [2.05, 4.69) is 72.9 Å². The number of hydrogen-bond acceptors (Lipinski definition) is 6. The standard InChI is InChI=1S/C22H20N8S/c1-2-5-19-18(21(31)25-22-23-13-24-30(19)22)12-14-8-10-15(11-9-14)16-6-3-4-7-17(16)20-26-28-29-27-20/h3-4,6-11,13H,2,5,12H2,1H3,(H,23,24,25,31)(H,26,27,28,29). The van der Waals surface area contributed by atoms with Crippen LogP contribution < -0.4 is 0 Å². The van der Waals surface area contributed by atoms with Crippen molar-refractivity contribution in [2.75, 3.05) is 0 Å². The van der Waals surface area contributed by atoms with Gasteiger partial charge in [0, 0.05) is 17.5 Å². The van der Waals surface area contributed by atoms with Gasteiger partial charge >= 0.3 is 0 Å². The molecule has 8 nitrogen and oxygen atoms in total. The average Bonchev–Trinajstić information content (AvgIpc) is 3.49. The molecule has 0 spiro atoms. The van der Waals surface area contributed by atoms with Crippen molar-refractivity contribution in [3.63, 3.8) is 0 Å². The van der Waals surface area contributed by atoms with Gasteiger partial charge in [-0.1, -0.05) is 74.1 Å². The average molecular weight is 429 g/mol. The topological polar surface area (TPSA) is 100 Å². The lowest BCUT2D eigenvalue weighted by Crippen LogP contribution is -2.08. The molecule has 2 aromatic carbocycles. The van der Waals surface area contributed by atoms with Crippen molar-refractivity contribution in [2.24, 2.45) is 0 Å². The zero-order chi connectivity index (χ0) is 21.2. The van der Waals surface area contributed by atoms with Gasteiger partial charge in [-0.05, 0) is 28.3 Å². The summed E-state index contributed by atoms with van der Waals surface area (Å²) >= 11 is 5.61. The third-order valence-electron chi connectivity index (χ3n) is 5.29. The highest BCUT2D eigenvalue weighted by Crippen LogP contribution is 2.30. The first kappa shape index (κ1) is 19.3. The highest BCUT2D eigenvalue weighted by molar-refractivity contribution is 7.71. The van der Waals surface area contributed by atoms with Crippen molar-refractivity contribution in [2.45, 2.75) is 26.2 Å². The normalized spacial score (nSPS) is 11.3. The maximum Gasteiger partial charge on any atom is 0.251 e. The molecular formula is C22H20N8S. The predicted octanol–water partition coefficient (Wildman–Crippen LogP) is 4.18. The van der Waals surface area contributed by atoms with Gasteiger partial charge in [-0.3, -0.25) is 5.10 Å². The van der Waals surface area contributed by atoms with E-state index in [9.17, 15) is 0 Å². The van der Waals surface area contributed by atoms with E-state index in [1.165, 1.54) is 5.56 Å². The van der Waals surface area contributed by atoms with Gasteiger partial charge in [0.25, 0.3) is 5.78 Å². The highest BCUT2D eigenvalue weighted by Gasteiger charge is 2.14. The molecule has 5 rings (SSSR count). The minimum Gasteiger partial charge on any atom is -0.281 e. The van der Waals surface area contributed by atoms with E-state index in [0.717, 1.165) is 47.2 Å². The van der Waals surface area contributed by atoms with Crippen LogP contribution in [0.15, 0.2) is 54.9 Å². The molecule has 3 aromatic heterocycles. The lowest BCUT2D eigenvalue weighted by molar-refractivity contribution is 0.774. The number of benzene rings is 2. The molecule has 0 aliphatic rings. The minimum atomic E-state index is 0.579. The Hall–Kier alpha value is -3.72. The van der Waals surface area contributed by atoms with Crippen molar-refractivity contribution in [1.29, 1.82) is 0 Å². The summed E-state index contributed by atoms with van der Waals surface area (Å²) in [6.45, 7) is 2.16. The zero-order valence-corrected chi connectivity index (χ0v) is 17.7. The van der Waals surface area contributed by atoms with Gasteiger partial charge < -0.3 is 0 Å². The number of aromatic nitrogens is 8. The monoisotopic (exact) mass is 428 g/mol. The van der Waals surface area contributed by atoms with E-state index in [1.54, 1.807) is 6.33 Å². The molecule has 0 atom stereocenters. The number of aromatic amines is 2. The maximum absolute atomic E-state index is 5.61. The molecule has 2 N–H and O–H groups in total. The molecule has 0 unspecified atom stereocenters. The Kier molecular flexibility index (Phi) is 5.09. The van der Waals surface area contributed by atoms with Gasteiger partial charge in [-0.15, -0.1) is 10.2 Å². The van der Waals surface area contributed by atoms with Crippen LogP contribution >= 0.6 is 12.2 Å². The number of H-pyrrole nitrogens is 2. The summed E-state index contributed by atoms with van der Waals surface area (Å²) in [6.07, 6.45) is 4.28. The van der Waals surface area contributed by atoms with Crippen molar-refractivity contribution in [1.82, 2.24) is 40.2 Å². The van der Waals surface area contributed by atoms with E-state index in [4.69, 9.17) is 12.2 Å². The molecule has 0 bridgehead atoms. The molecule has 9 heteroatoms. The van der Waals surface area contributed by atoms with E-state index >= 15 is 0 Å². The second kappa shape index (κ2) is 8.19. The Labute approximate surface area is 183 Å². The first-order valence-corrected chi connectivity index (χ1v) is 10.5. The van der Waals surface area contributed by atoms with Crippen LogP contribution in [0.1, 0.15) is 30.2 Å². The minimum absolute atomic E-state index is 0.579. The molecule has 31 heavy (non-hydrogen) atoms. The first-order chi connectivity index (χ1) is 15.2. The molecule has 0 saturated heterocycles. The Morgan fingerprint density at radius 3 is 2.58 bits per heavy atom. The fraction of sp³-hybridized carbons (Fsp3) is 0.182. The number of tetrazole rings is 1. The summed E-state index contributed by atoms with van der Waals surface area (Å²) in [4.78, 5) is 8.75. The lowest BCUT2D eigenvalue weighted by atomic mass is 9.96. The summed E-state index contributed by atoms with van der Waals surface area (Å²) in [5.74, 6) is 1.20. The van der Waals surface area contributed by atoms with E-state index in [0.29, 0.717) is 16.2 Å². The summed E-state index contributed by atoms with van der Waals surface area (Å²) in [6, 6.07) is 16.5. The van der Waals surface area contributed by atoms with Crippen LogP contribution in [0, 0.1) is 4.64 Å². The van der Waals surface area contributed by atoms with E-state index in [-0.39, 0.29) is 0 Å². The van der Waals surface area contributed by atoms with E-state index in [1.807, 2.05) is 22.7 Å². The molecule has 0 aliphatic heterocycles. The zero-order valence-electron chi connectivity index (χ0n) is 16.9. The maximum atomic E-state index is 5.61. The van der Waals surface area contributed by atoms with Crippen LogP contribution in [0.25, 0.3) is 28.3 Å². The van der Waals surface area contributed by atoms with Gasteiger partial charge in [0.05, 0.1) is 5.69 Å². The Morgan fingerprint density at radius 1 is 1.03 bits per heavy atom. The van der Waals surface area contributed by atoms with Crippen LogP contribution in [0.2, 0.25) is 0 Å². The Morgan fingerprint density at radius 2 is 1.84 bits per heavy atom. The van der Waals surface area contributed by atoms with Crippen molar-refractivity contribution < 1.29 is 0 Å². The molecular weight excluding hydrogens is 408 g/mol. The lowest BCUT2D eigenvalue weighted by Gasteiger charge is -2.12. The summed E-state index contributed by atoms with van der Waals surface area (Å²) < 4.78 is 2.55. The second-order valence-electron chi connectivity index (χ2n) is 7.27. The molecule has 154 valence electrons. The quantitative estimate of drug-likeness (QED) is 0.394. The number of rotatable bonds is 6. The third kappa shape index (κ3) is 3.64. The summed E-state index contributed by atoms with van der Waals surface area (Å²) in [5.41, 5.74) is 6.47. The Bertz CT molecular complexity index is 1380. The number of nitrogens with zero attached hydrogens (tertiary/aromatic N) is 6. The Balaban J connectivity index is 1.50. The van der Waals surface area contributed by atoms with Crippen LogP contribution in [0.4, 0.5) is 0 Å². The number of nitrogens with one attached hydrogen (secondary N) is 2. The van der Waals surface area contributed by atoms with Gasteiger partial charge in [-0.25, -0.2) is 9.50 Å². The molecule has 0 amide bonds. The van der Waals surface area contributed by atoms with E-state index < -0.39 is 0 Å². The van der Waals surface area contributed by atoms with Crippen molar-refractivity contribution in [3.05, 3.63) is 76.3 Å². The molecule has 0 fully saturated rings. The molecule has 0 aliphatic carbocycles. The molecule has 3 heterocycles. The second-order valence-corrected chi connectivity index (χ2v) is 7.66.